The average Bonchev–Trinajstić information content (AvgIpc) is 3.37. The second kappa shape index (κ2) is 14.3. The molecule has 3 rings (SSSR count). The first kappa shape index (κ1) is 27.2. The van der Waals surface area contributed by atoms with E-state index in [-0.39, 0.29) is 0 Å². The lowest BCUT2D eigenvalue weighted by Crippen LogP contribution is -2.40. The van der Waals surface area contributed by atoms with Crippen LogP contribution in [0.25, 0.3) is 0 Å². The van der Waals surface area contributed by atoms with Crippen LogP contribution < -0.4 is 4.74 Å². The zero-order valence-corrected chi connectivity index (χ0v) is 21.6. The van der Waals surface area contributed by atoms with Crippen LogP contribution in [0.1, 0.15) is 67.2 Å². The fourth-order valence-electron chi connectivity index (χ4n) is 5.12. The first-order valence-corrected chi connectivity index (χ1v) is 13.0. The third-order valence-corrected chi connectivity index (χ3v) is 7.27. The predicted molar refractivity (Wildman–Crippen MR) is 141 cm³/mol. The Morgan fingerprint density at radius 1 is 1.08 bits per heavy atom. The zero-order chi connectivity index (χ0) is 25.8. The van der Waals surface area contributed by atoms with Gasteiger partial charge >= 0.3 is 0 Å². The Balaban J connectivity index is 1.45. The fourth-order valence-corrected chi connectivity index (χ4v) is 5.12. The molecular formula is C30H37N5O. The van der Waals surface area contributed by atoms with E-state index in [2.05, 4.69) is 47.1 Å². The van der Waals surface area contributed by atoms with Crippen LogP contribution in [0.2, 0.25) is 0 Å². The van der Waals surface area contributed by atoms with Gasteiger partial charge in [-0.15, -0.1) is 0 Å². The van der Waals surface area contributed by atoms with Crippen molar-refractivity contribution in [1.29, 1.82) is 15.8 Å². The Morgan fingerprint density at radius 3 is 2.56 bits per heavy atom. The third kappa shape index (κ3) is 7.82. The van der Waals surface area contributed by atoms with Crippen molar-refractivity contribution in [2.45, 2.75) is 57.9 Å². The summed E-state index contributed by atoms with van der Waals surface area (Å²) in [6.07, 6.45) is 5.06. The van der Waals surface area contributed by atoms with E-state index in [9.17, 15) is 5.26 Å². The number of ether oxygens (including phenoxy) is 1. The smallest absolute Gasteiger partial charge is 0.119 e. The van der Waals surface area contributed by atoms with E-state index in [1.54, 1.807) is 12.1 Å². The number of hydrogen-bond acceptors (Lipinski definition) is 6. The topological polar surface area (TPSA) is 87.1 Å². The lowest BCUT2D eigenvalue weighted by atomic mass is 9.90. The number of benzene rings is 2. The van der Waals surface area contributed by atoms with Crippen molar-refractivity contribution in [2.75, 3.05) is 39.3 Å². The van der Waals surface area contributed by atoms with Gasteiger partial charge in [-0.2, -0.15) is 15.8 Å². The van der Waals surface area contributed by atoms with Gasteiger partial charge in [0.1, 0.15) is 12.4 Å². The Hall–Kier alpha value is -3.37. The van der Waals surface area contributed by atoms with Crippen molar-refractivity contribution < 1.29 is 4.74 Å². The molecule has 2 unspecified atom stereocenters. The van der Waals surface area contributed by atoms with Crippen LogP contribution in [0.3, 0.4) is 0 Å². The minimum absolute atomic E-state index is 0.450. The van der Waals surface area contributed by atoms with Gasteiger partial charge in [0.05, 0.1) is 29.3 Å². The van der Waals surface area contributed by atoms with Crippen LogP contribution in [-0.4, -0.2) is 55.2 Å². The number of hydrogen-bond donors (Lipinski definition) is 0. The van der Waals surface area contributed by atoms with E-state index in [1.807, 2.05) is 25.1 Å². The molecule has 0 bridgehead atoms. The third-order valence-electron chi connectivity index (χ3n) is 7.27. The van der Waals surface area contributed by atoms with Crippen molar-refractivity contribution in [2.24, 2.45) is 0 Å². The highest BCUT2D eigenvalue weighted by atomic mass is 16.5. The normalized spacial score (nSPS) is 16.3. The molecule has 2 aromatic carbocycles. The van der Waals surface area contributed by atoms with Crippen LogP contribution in [0.4, 0.5) is 0 Å². The molecule has 0 N–H and O–H groups in total. The molecule has 1 saturated heterocycles. The van der Waals surface area contributed by atoms with Crippen molar-refractivity contribution in [3.63, 3.8) is 0 Å². The summed E-state index contributed by atoms with van der Waals surface area (Å²) in [7, 11) is 0. The van der Waals surface area contributed by atoms with Gasteiger partial charge in [0.15, 0.2) is 0 Å². The highest BCUT2D eigenvalue weighted by Gasteiger charge is 2.27. The summed E-state index contributed by atoms with van der Waals surface area (Å²) in [5.74, 6) is 1.30. The molecular weight excluding hydrogens is 446 g/mol. The average molecular weight is 484 g/mol. The van der Waals surface area contributed by atoms with E-state index in [0.29, 0.717) is 30.6 Å². The standard InChI is InChI=1S/C30H37N5O/c1-3-26(27-9-10-28(22-33)24(2)20-27)6-4-15-34-17-13-29(23-34)35(16-5-14-31)18-19-36-30-11-7-25(21-32)8-12-30/h7-12,20,26,29H,3-6,13,15-19,23H2,1-2H3. The van der Waals surface area contributed by atoms with E-state index in [0.717, 1.165) is 75.3 Å². The molecule has 188 valence electrons. The largest absolute Gasteiger partial charge is 0.492 e. The van der Waals surface area contributed by atoms with Gasteiger partial charge in [0.2, 0.25) is 0 Å². The zero-order valence-electron chi connectivity index (χ0n) is 21.6. The molecule has 1 fully saturated rings. The second-order valence-corrected chi connectivity index (χ2v) is 9.61. The Labute approximate surface area is 216 Å². The van der Waals surface area contributed by atoms with Crippen LogP contribution in [-0.2, 0) is 0 Å². The predicted octanol–water partition coefficient (Wildman–Crippen LogP) is 5.38. The highest BCUT2D eigenvalue weighted by molar-refractivity contribution is 5.40. The summed E-state index contributed by atoms with van der Waals surface area (Å²) in [4.78, 5) is 4.96. The molecule has 1 aliphatic heterocycles. The summed E-state index contributed by atoms with van der Waals surface area (Å²) in [5.41, 5.74) is 3.80. The summed E-state index contributed by atoms with van der Waals surface area (Å²) >= 11 is 0. The highest BCUT2D eigenvalue weighted by Crippen LogP contribution is 2.27. The molecule has 0 aliphatic carbocycles. The maximum Gasteiger partial charge on any atom is 0.119 e. The number of rotatable bonds is 13. The van der Waals surface area contributed by atoms with Gasteiger partial charge in [0, 0.05) is 32.1 Å². The number of aryl methyl sites for hydroxylation is 1. The lowest BCUT2D eigenvalue weighted by molar-refractivity contribution is 0.160. The monoisotopic (exact) mass is 483 g/mol. The van der Waals surface area contributed by atoms with Gasteiger partial charge < -0.3 is 9.64 Å². The molecule has 0 spiro atoms. The van der Waals surface area contributed by atoms with Crippen LogP contribution >= 0.6 is 0 Å². The molecule has 1 heterocycles. The SMILES string of the molecule is CCC(CCCN1CCC(N(CCC#N)CCOc2ccc(C#N)cc2)C1)c1ccc(C#N)c(C)c1. The fraction of sp³-hybridized carbons (Fsp3) is 0.500. The minimum Gasteiger partial charge on any atom is -0.492 e. The second-order valence-electron chi connectivity index (χ2n) is 9.61. The molecule has 0 saturated carbocycles. The van der Waals surface area contributed by atoms with Gasteiger partial charge in [0.25, 0.3) is 0 Å². The maximum absolute atomic E-state index is 9.20. The van der Waals surface area contributed by atoms with Crippen molar-refractivity contribution >= 4 is 0 Å². The van der Waals surface area contributed by atoms with Crippen LogP contribution in [0, 0.1) is 40.9 Å². The Kier molecular flexibility index (Phi) is 10.8. The summed E-state index contributed by atoms with van der Waals surface area (Å²) < 4.78 is 5.91. The molecule has 0 aromatic heterocycles. The first-order chi connectivity index (χ1) is 17.6. The van der Waals surface area contributed by atoms with Gasteiger partial charge in [-0.1, -0.05) is 19.1 Å². The molecule has 6 heteroatoms. The van der Waals surface area contributed by atoms with Crippen LogP contribution in [0.5, 0.6) is 5.75 Å². The molecule has 0 radical (unpaired) electrons. The molecule has 36 heavy (non-hydrogen) atoms. The summed E-state index contributed by atoms with van der Waals surface area (Å²) in [6.45, 7) is 9.61. The number of nitriles is 3. The summed E-state index contributed by atoms with van der Waals surface area (Å²) in [5, 5.41) is 27.3. The minimum atomic E-state index is 0.450. The van der Waals surface area contributed by atoms with Gasteiger partial charge in [-0.25, -0.2) is 0 Å². The Bertz CT molecular complexity index is 1090. The van der Waals surface area contributed by atoms with Gasteiger partial charge in [-0.05, 0) is 93.1 Å². The van der Waals surface area contributed by atoms with E-state index in [4.69, 9.17) is 15.3 Å². The van der Waals surface area contributed by atoms with E-state index in [1.165, 1.54) is 5.56 Å². The summed E-state index contributed by atoms with van der Waals surface area (Å²) in [6, 6.07) is 20.6. The van der Waals surface area contributed by atoms with Crippen LogP contribution in [0.15, 0.2) is 42.5 Å². The molecule has 2 aromatic rings. The van der Waals surface area contributed by atoms with Gasteiger partial charge in [-0.3, -0.25) is 4.90 Å². The quantitative estimate of drug-likeness (QED) is 0.380. The molecule has 1 aliphatic rings. The number of nitrogens with zero attached hydrogens (tertiary/aromatic N) is 5. The van der Waals surface area contributed by atoms with Crippen molar-refractivity contribution in [1.82, 2.24) is 9.80 Å². The first-order valence-electron chi connectivity index (χ1n) is 13.0. The number of likely N-dealkylation sites (tertiary alicyclic amines) is 1. The lowest BCUT2D eigenvalue weighted by Gasteiger charge is -2.28. The van der Waals surface area contributed by atoms with Crippen molar-refractivity contribution in [3.05, 3.63) is 64.7 Å². The van der Waals surface area contributed by atoms with E-state index < -0.39 is 0 Å². The molecule has 6 nitrogen and oxygen atoms in total. The Morgan fingerprint density at radius 2 is 1.89 bits per heavy atom. The van der Waals surface area contributed by atoms with E-state index >= 15 is 0 Å². The maximum atomic E-state index is 9.20. The van der Waals surface area contributed by atoms with Crippen molar-refractivity contribution in [3.8, 4) is 24.0 Å². The molecule has 0 amide bonds. The molecule has 2 atom stereocenters.